The molecule has 12 nitrogen and oxygen atoms in total. The van der Waals surface area contributed by atoms with E-state index >= 15 is 0 Å². The molecule has 1 atom stereocenters. The van der Waals surface area contributed by atoms with Crippen molar-refractivity contribution in [2.24, 2.45) is 5.92 Å². The normalized spacial score (nSPS) is 15.4. The molecule has 2 heterocycles. The highest BCUT2D eigenvalue weighted by Gasteiger charge is 2.28. The lowest BCUT2D eigenvalue weighted by Gasteiger charge is -2.15. The Morgan fingerprint density at radius 2 is 2.00 bits per heavy atom. The van der Waals surface area contributed by atoms with Gasteiger partial charge in [0.1, 0.15) is 10.6 Å². The van der Waals surface area contributed by atoms with Gasteiger partial charge in [0.2, 0.25) is 15.9 Å². The number of sulfonamides is 1. The van der Waals surface area contributed by atoms with Gasteiger partial charge in [0, 0.05) is 42.4 Å². The number of non-ortho nitro benzene ring substituents is 1. The second kappa shape index (κ2) is 12.3. The number of ether oxygens (including phenoxy) is 2. The Morgan fingerprint density at radius 3 is 2.62 bits per heavy atom. The van der Waals surface area contributed by atoms with E-state index in [1.807, 2.05) is 13.8 Å². The molecular formula is C26H30ClN5O7S. The van der Waals surface area contributed by atoms with Crippen molar-refractivity contribution >= 4 is 33.2 Å². The summed E-state index contributed by atoms with van der Waals surface area (Å²) in [6, 6.07) is 9.87. The van der Waals surface area contributed by atoms with Crippen LogP contribution in [0.5, 0.6) is 11.6 Å². The Hall–Kier alpha value is -3.52. The first-order valence-electron chi connectivity index (χ1n) is 12.7. The molecular weight excluding hydrogens is 562 g/mol. The molecule has 0 aliphatic carbocycles. The number of nitrogens with zero attached hydrogens (tertiary/aromatic N) is 3. The molecule has 1 saturated heterocycles. The molecule has 1 aliphatic heterocycles. The highest BCUT2D eigenvalue weighted by atomic mass is 35.5. The second-order valence-corrected chi connectivity index (χ2v) is 11.9. The number of amides is 1. The van der Waals surface area contributed by atoms with Gasteiger partial charge in [-0.1, -0.05) is 25.4 Å². The number of carbonyl (C=O) groups is 1. The molecule has 2 N–H and O–H groups in total. The number of carbonyl (C=O) groups excluding carboxylic acids is 1. The van der Waals surface area contributed by atoms with Crippen LogP contribution in [0, 0.1) is 23.0 Å². The summed E-state index contributed by atoms with van der Waals surface area (Å²) < 4.78 is 41.9. The number of hydrogen-bond donors (Lipinski definition) is 2. The first-order chi connectivity index (χ1) is 19.0. The summed E-state index contributed by atoms with van der Waals surface area (Å²) in [7, 11) is -4.21. The van der Waals surface area contributed by atoms with E-state index in [0.717, 1.165) is 25.0 Å². The van der Waals surface area contributed by atoms with Gasteiger partial charge < -0.3 is 14.8 Å². The first-order valence-corrected chi connectivity index (χ1v) is 14.5. The van der Waals surface area contributed by atoms with E-state index in [0.29, 0.717) is 29.4 Å². The van der Waals surface area contributed by atoms with Crippen molar-refractivity contribution in [1.82, 2.24) is 19.8 Å². The van der Waals surface area contributed by atoms with Crippen LogP contribution >= 0.6 is 11.6 Å². The highest BCUT2D eigenvalue weighted by molar-refractivity contribution is 7.89. The monoisotopic (exact) mass is 591 g/mol. The zero-order chi connectivity index (χ0) is 29.0. The fourth-order valence-corrected chi connectivity index (χ4v) is 5.52. The fraction of sp³-hybridized carbons (Fsp3) is 0.385. The van der Waals surface area contributed by atoms with Crippen LogP contribution in [-0.4, -0.2) is 54.8 Å². The lowest BCUT2D eigenvalue weighted by molar-refractivity contribution is -0.385. The summed E-state index contributed by atoms with van der Waals surface area (Å²) in [5.41, 5.74) is 0.461. The predicted octanol–water partition coefficient (Wildman–Crippen LogP) is 4.38. The van der Waals surface area contributed by atoms with Gasteiger partial charge in [-0.25, -0.2) is 13.1 Å². The lowest BCUT2D eigenvalue weighted by atomic mass is 10.2. The Labute approximate surface area is 236 Å². The number of hydrogen-bond acceptors (Lipinski definition) is 8. The molecule has 214 valence electrons. The number of nitro benzene ring substituents is 1. The van der Waals surface area contributed by atoms with Crippen LogP contribution in [-0.2, 0) is 14.8 Å². The van der Waals surface area contributed by atoms with Crippen LogP contribution in [0.1, 0.15) is 42.7 Å². The second-order valence-electron chi connectivity index (χ2n) is 9.75. The zero-order valence-electron chi connectivity index (χ0n) is 22.2. The van der Waals surface area contributed by atoms with E-state index in [1.165, 1.54) is 10.7 Å². The van der Waals surface area contributed by atoms with Crippen molar-refractivity contribution in [1.29, 1.82) is 0 Å². The summed E-state index contributed by atoms with van der Waals surface area (Å²) in [6.07, 6.45) is 1.69. The molecule has 3 aromatic rings. The lowest BCUT2D eigenvalue weighted by Crippen LogP contribution is -2.32. The highest BCUT2D eigenvalue weighted by Crippen LogP contribution is 2.36. The van der Waals surface area contributed by atoms with E-state index < -0.39 is 31.4 Å². The number of halogens is 1. The number of aromatic nitrogens is 2. The topological polar surface area (TPSA) is 155 Å². The van der Waals surface area contributed by atoms with Crippen LogP contribution < -0.4 is 14.8 Å². The molecule has 0 radical (unpaired) electrons. The van der Waals surface area contributed by atoms with Crippen molar-refractivity contribution in [2.45, 2.75) is 44.6 Å². The van der Waals surface area contributed by atoms with Gasteiger partial charge >= 0.3 is 0 Å². The van der Waals surface area contributed by atoms with Crippen LogP contribution in [0.4, 0.5) is 5.69 Å². The largest absolute Gasteiger partial charge is 0.437 e. The summed E-state index contributed by atoms with van der Waals surface area (Å²) in [4.78, 5) is 23.5. The predicted molar refractivity (Wildman–Crippen MR) is 148 cm³/mol. The summed E-state index contributed by atoms with van der Waals surface area (Å²) in [5.74, 6) is -0.590. The smallest absolute Gasteiger partial charge is 0.272 e. The Bertz CT molecular complexity index is 1500. The van der Waals surface area contributed by atoms with E-state index in [4.69, 9.17) is 21.1 Å². The molecule has 1 fully saturated rings. The molecule has 0 bridgehead atoms. The van der Waals surface area contributed by atoms with Gasteiger partial charge in [-0.05, 0) is 56.0 Å². The van der Waals surface area contributed by atoms with E-state index in [9.17, 15) is 23.3 Å². The van der Waals surface area contributed by atoms with Gasteiger partial charge in [-0.2, -0.15) is 9.78 Å². The van der Waals surface area contributed by atoms with E-state index in [2.05, 4.69) is 15.1 Å². The van der Waals surface area contributed by atoms with Crippen LogP contribution in [0.15, 0.2) is 47.4 Å². The quantitative estimate of drug-likeness (QED) is 0.246. The number of benzene rings is 2. The maximum atomic E-state index is 13.2. The minimum Gasteiger partial charge on any atom is -0.437 e. The van der Waals surface area contributed by atoms with E-state index in [1.54, 1.807) is 31.2 Å². The Kier molecular flexibility index (Phi) is 9.08. The number of nitro groups is 1. The molecule has 0 saturated carbocycles. The Morgan fingerprint density at radius 1 is 1.27 bits per heavy atom. The SMILES string of the molecule is Cc1c(C(=O)NC[C@H]2CCCO2)nn(-c2ccc(Cl)cc2)c1Oc1ccc([N+](=O)[O-])cc1S(=O)(=O)NCC(C)C. The fourth-order valence-electron chi connectivity index (χ4n) is 4.03. The third-order valence-electron chi connectivity index (χ3n) is 6.18. The van der Waals surface area contributed by atoms with Gasteiger partial charge in [0.25, 0.3) is 11.6 Å². The van der Waals surface area contributed by atoms with E-state index in [-0.39, 0.29) is 35.9 Å². The summed E-state index contributed by atoms with van der Waals surface area (Å²) in [5, 5.41) is 19.2. The minimum atomic E-state index is -4.21. The van der Waals surface area contributed by atoms with Crippen LogP contribution in [0.3, 0.4) is 0 Å². The third-order valence-corrected chi connectivity index (χ3v) is 7.88. The molecule has 14 heteroatoms. The average Bonchev–Trinajstić information content (AvgIpc) is 3.55. The molecule has 0 unspecified atom stereocenters. The number of nitrogens with one attached hydrogen (secondary N) is 2. The molecule has 1 aromatic heterocycles. The van der Waals surface area contributed by atoms with Crippen molar-refractivity contribution in [3.8, 4) is 17.3 Å². The maximum Gasteiger partial charge on any atom is 0.272 e. The van der Waals surface area contributed by atoms with Gasteiger partial charge in [-0.3, -0.25) is 14.9 Å². The molecule has 1 amide bonds. The molecule has 4 rings (SSSR count). The van der Waals surface area contributed by atoms with Crippen LogP contribution in [0.2, 0.25) is 5.02 Å². The molecule has 2 aromatic carbocycles. The summed E-state index contributed by atoms with van der Waals surface area (Å²) >= 11 is 6.06. The maximum absolute atomic E-state index is 13.2. The van der Waals surface area contributed by atoms with Crippen molar-refractivity contribution in [2.75, 3.05) is 19.7 Å². The van der Waals surface area contributed by atoms with Gasteiger partial charge in [0.05, 0.1) is 16.7 Å². The molecule has 1 aliphatic rings. The van der Waals surface area contributed by atoms with Gasteiger partial charge in [0.15, 0.2) is 5.69 Å². The van der Waals surface area contributed by atoms with Crippen molar-refractivity contribution < 1.29 is 27.6 Å². The number of rotatable bonds is 11. The minimum absolute atomic E-state index is 0.0119. The zero-order valence-corrected chi connectivity index (χ0v) is 23.8. The first kappa shape index (κ1) is 29.5. The summed E-state index contributed by atoms with van der Waals surface area (Å²) in [6.45, 7) is 6.34. The standard InChI is InChI=1S/C26H30ClN5O7S/c1-16(2)14-29-40(36,37)23-13-20(32(34)35)10-11-22(23)39-26-17(3)24(25(33)28-15-21-5-4-12-38-21)30-31(26)19-8-6-18(27)7-9-19/h6-11,13,16,21,29H,4-5,12,14-15H2,1-3H3,(H,28,33)/t21-/m1/s1. The van der Waals surface area contributed by atoms with Gasteiger partial charge in [-0.15, -0.1) is 0 Å². The Balaban J connectivity index is 1.77. The third kappa shape index (κ3) is 6.78. The molecule has 40 heavy (non-hydrogen) atoms. The molecule has 0 spiro atoms. The van der Waals surface area contributed by atoms with Crippen molar-refractivity contribution in [3.63, 3.8) is 0 Å². The van der Waals surface area contributed by atoms with Crippen LogP contribution in [0.25, 0.3) is 5.69 Å². The average molecular weight is 592 g/mol. The van der Waals surface area contributed by atoms with Crippen molar-refractivity contribution in [3.05, 3.63) is 68.9 Å².